The van der Waals surface area contributed by atoms with Crippen LogP contribution < -0.4 is 0 Å². The third-order valence-electron chi connectivity index (χ3n) is 4.84. The van der Waals surface area contributed by atoms with Crippen molar-refractivity contribution >= 4 is 17.0 Å². The fourth-order valence-corrected chi connectivity index (χ4v) is 3.60. The van der Waals surface area contributed by atoms with Gasteiger partial charge in [0.1, 0.15) is 0 Å². The van der Waals surface area contributed by atoms with Gasteiger partial charge in [0.15, 0.2) is 0 Å². The first-order valence-corrected chi connectivity index (χ1v) is 8.80. The Bertz CT molecular complexity index is 1040. The minimum atomic E-state index is -4.56. The summed E-state index contributed by atoms with van der Waals surface area (Å²) in [6.07, 6.45) is -3.35. The number of aromatic nitrogens is 3. The molecule has 28 heavy (non-hydrogen) atoms. The molecule has 148 valence electrons. The van der Waals surface area contributed by atoms with Crippen molar-refractivity contribution in [3.05, 3.63) is 40.5 Å². The number of likely N-dealkylation sites (tertiary alicyclic amines) is 1. The van der Waals surface area contributed by atoms with Crippen LogP contribution in [0.15, 0.2) is 21.2 Å². The van der Waals surface area contributed by atoms with E-state index in [2.05, 4.69) is 15.3 Å². The first kappa shape index (κ1) is 18.5. The van der Waals surface area contributed by atoms with Crippen LogP contribution >= 0.6 is 0 Å². The maximum atomic E-state index is 13.6. The van der Waals surface area contributed by atoms with Gasteiger partial charge in [-0.15, -0.1) is 0 Å². The molecule has 1 saturated heterocycles. The monoisotopic (exact) mass is 394 g/mol. The summed E-state index contributed by atoms with van der Waals surface area (Å²) in [6.45, 7) is 3.87. The van der Waals surface area contributed by atoms with E-state index in [0.717, 1.165) is 6.07 Å². The minimum absolute atomic E-state index is 0.108. The van der Waals surface area contributed by atoms with Gasteiger partial charge in [-0.3, -0.25) is 4.79 Å². The van der Waals surface area contributed by atoms with Crippen LogP contribution in [0.1, 0.15) is 52.0 Å². The van der Waals surface area contributed by atoms with Crippen molar-refractivity contribution in [2.24, 2.45) is 0 Å². The molecule has 1 fully saturated rings. The number of piperidine rings is 1. The van der Waals surface area contributed by atoms with E-state index in [1.54, 1.807) is 11.8 Å². The molecule has 0 radical (unpaired) electrons. The zero-order valence-corrected chi connectivity index (χ0v) is 15.2. The molecule has 4 heterocycles. The van der Waals surface area contributed by atoms with Gasteiger partial charge in [-0.25, -0.2) is 4.98 Å². The summed E-state index contributed by atoms with van der Waals surface area (Å²) in [7, 11) is 0. The van der Waals surface area contributed by atoms with Crippen LogP contribution in [0.25, 0.3) is 11.1 Å². The summed E-state index contributed by atoms with van der Waals surface area (Å²) < 4.78 is 50.8. The summed E-state index contributed by atoms with van der Waals surface area (Å²) in [5.41, 5.74) is -0.00222. The number of rotatable bonds is 2. The Balaban J connectivity index is 1.69. The normalized spacial score (nSPS) is 18.0. The third-order valence-corrected chi connectivity index (χ3v) is 4.84. The molecule has 1 atom stereocenters. The molecule has 0 spiro atoms. The molecule has 3 aromatic rings. The summed E-state index contributed by atoms with van der Waals surface area (Å²) in [4.78, 5) is 18.2. The quantitative estimate of drug-likeness (QED) is 0.656. The molecule has 3 aromatic heterocycles. The van der Waals surface area contributed by atoms with E-state index >= 15 is 0 Å². The van der Waals surface area contributed by atoms with E-state index in [0.29, 0.717) is 25.1 Å². The molecular formula is C18H17F3N4O3. The Labute approximate surface area is 157 Å². The Morgan fingerprint density at radius 2 is 1.96 bits per heavy atom. The van der Waals surface area contributed by atoms with E-state index in [-0.39, 0.29) is 40.7 Å². The lowest BCUT2D eigenvalue weighted by molar-refractivity contribution is -0.136. The van der Waals surface area contributed by atoms with Crippen LogP contribution in [-0.2, 0) is 6.18 Å². The largest absolute Gasteiger partial charge is 0.417 e. The number of alkyl halides is 3. The molecular weight excluding hydrogens is 377 g/mol. The molecule has 0 unspecified atom stereocenters. The first-order valence-electron chi connectivity index (χ1n) is 8.80. The molecule has 0 bridgehead atoms. The second-order valence-electron chi connectivity index (χ2n) is 6.98. The Morgan fingerprint density at radius 3 is 2.64 bits per heavy atom. The zero-order chi connectivity index (χ0) is 20.1. The van der Waals surface area contributed by atoms with Gasteiger partial charge < -0.3 is 13.9 Å². The molecule has 0 N–H and O–H groups in total. The molecule has 1 aliphatic rings. The molecule has 7 nitrogen and oxygen atoms in total. The average Bonchev–Trinajstić information content (AvgIpc) is 3.26. The van der Waals surface area contributed by atoms with Crippen LogP contribution in [0.2, 0.25) is 0 Å². The predicted molar refractivity (Wildman–Crippen MR) is 90.7 cm³/mol. The number of carbonyl (C=O) groups excluding carboxylic acids is 1. The van der Waals surface area contributed by atoms with Crippen molar-refractivity contribution in [1.29, 1.82) is 0 Å². The van der Waals surface area contributed by atoms with Crippen LogP contribution in [-0.4, -0.2) is 39.2 Å². The molecule has 0 saturated carbocycles. The number of hydrogen-bond acceptors (Lipinski definition) is 6. The van der Waals surface area contributed by atoms with Crippen molar-refractivity contribution in [3.63, 3.8) is 0 Å². The third kappa shape index (κ3) is 3.23. The zero-order valence-electron chi connectivity index (χ0n) is 15.2. The Kier molecular flexibility index (Phi) is 4.35. The fraction of sp³-hybridized carbons (Fsp3) is 0.444. The van der Waals surface area contributed by atoms with Gasteiger partial charge in [-0.1, -0.05) is 10.3 Å². The highest BCUT2D eigenvalue weighted by Gasteiger charge is 2.38. The molecule has 1 aliphatic heterocycles. The Morgan fingerprint density at radius 1 is 1.18 bits per heavy atom. The SMILES string of the molecule is Cc1cc(C(=O)N2CCC[C@H](c3noc4nc(C)cc(C(F)(F)F)c34)C2)on1. The maximum absolute atomic E-state index is 13.6. The van der Waals surface area contributed by atoms with Crippen molar-refractivity contribution in [3.8, 4) is 0 Å². The highest BCUT2D eigenvalue weighted by molar-refractivity contribution is 5.91. The van der Waals surface area contributed by atoms with Crippen molar-refractivity contribution < 1.29 is 27.0 Å². The maximum Gasteiger partial charge on any atom is 0.417 e. The first-order chi connectivity index (χ1) is 13.2. The summed E-state index contributed by atoms with van der Waals surface area (Å²) in [6, 6.07) is 2.53. The van der Waals surface area contributed by atoms with Crippen LogP contribution in [0, 0.1) is 13.8 Å². The second kappa shape index (κ2) is 6.61. The van der Waals surface area contributed by atoms with Gasteiger partial charge in [0.2, 0.25) is 5.76 Å². The highest BCUT2D eigenvalue weighted by Crippen LogP contribution is 2.40. The van der Waals surface area contributed by atoms with E-state index in [1.807, 2.05) is 0 Å². The summed E-state index contributed by atoms with van der Waals surface area (Å²) in [5.74, 6) is -0.631. The van der Waals surface area contributed by atoms with Gasteiger partial charge in [0.05, 0.1) is 22.3 Å². The number of carbonyl (C=O) groups is 1. The number of fused-ring (bicyclic) bond motifs is 1. The number of halogens is 3. The summed E-state index contributed by atoms with van der Waals surface area (Å²) >= 11 is 0. The lowest BCUT2D eigenvalue weighted by Gasteiger charge is -2.31. The lowest BCUT2D eigenvalue weighted by atomic mass is 9.91. The highest BCUT2D eigenvalue weighted by atomic mass is 19.4. The van der Waals surface area contributed by atoms with Crippen molar-refractivity contribution in [2.75, 3.05) is 13.1 Å². The number of pyridine rings is 1. The molecule has 0 aliphatic carbocycles. The fourth-order valence-electron chi connectivity index (χ4n) is 3.60. The lowest BCUT2D eigenvalue weighted by Crippen LogP contribution is -2.39. The summed E-state index contributed by atoms with van der Waals surface area (Å²) in [5, 5.41) is 7.47. The van der Waals surface area contributed by atoms with E-state index in [9.17, 15) is 18.0 Å². The van der Waals surface area contributed by atoms with Gasteiger partial charge >= 0.3 is 6.18 Å². The van der Waals surface area contributed by atoms with Gasteiger partial charge in [0.25, 0.3) is 11.6 Å². The van der Waals surface area contributed by atoms with E-state index in [4.69, 9.17) is 9.05 Å². The van der Waals surface area contributed by atoms with Crippen molar-refractivity contribution in [2.45, 2.75) is 38.8 Å². The number of hydrogen-bond donors (Lipinski definition) is 0. The van der Waals surface area contributed by atoms with Crippen LogP contribution in [0.4, 0.5) is 13.2 Å². The topological polar surface area (TPSA) is 85.3 Å². The molecule has 4 rings (SSSR count). The standard InChI is InChI=1S/C18H17F3N4O3/c1-9-6-12(18(19,20)21)14-15(24-28-16(14)22-9)11-4-3-5-25(8-11)17(26)13-7-10(2)23-27-13/h6-7,11H,3-5,8H2,1-2H3/t11-/m0/s1. The number of nitrogens with zero attached hydrogens (tertiary/aromatic N) is 4. The minimum Gasteiger partial charge on any atom is -0.351 e. The average molecular weight is 394 g/mol. The Hall–Kier alpha value is -2.91. The number of amides is 1. The van der Waals surface area contributed by atoms with Gasteiger partial charge in [0, 0.05) is 30.8 Å². The van der Waals surface area contributed by atoms with Crippen molar-refractivity contribution in [1.82, 2.24) is 20.2 Å². The predicted octanol–water partition coefficient (Wildman–Crippen LogP) is 3.87. The van der Waals surface area contributed by atoms with Crippen LogP contribution in [0.5, 0.6) is 0 Å². The van der Waals surface area contributed by atoms with E-state index < -0.39 is 17.7 Å². The van der Waals surface area contributed by atoms with Crippen LogP contribution in [0.3, 0.4) is 0 Å². The van der Waals surface area contributed by atoms with Gasteiger partial charge in [-0.05, 0) is 32.8 Å². The molecule has 0 aromatic carbocycles. The second-order valence-corrected chi connectivity index (χ2v) is 6.98. The van der Waals surface area contributed by atoms with Gasteiger partial charge in [-0.2, -0.15) is 13.2 Å². The number of aryl methyl sites for hydroxylation is 2. The molecule has 10 heteroatoms. The molecule has 1 amide bonds. The van der Waals surface area contributed by atoms with E-state index in [1.165, 1.54) is 13.0 Å². The smallest absolute Gasteiger partial charge is 0.351 e.